The molecule has 10 heteroatoms. The average Bonchev–Trinajstić information content (AvgIpc) is 3.33. The number of nitrogens with one attached hydrogen (secondary N) is 2. The quantitative estimate of drug-likeness (QED) is 0.539. The van der Waals surface area contributed by atoms with Crippen molar-refractivity contribution in [1.82, 2.24) is 25.1 Å². The van der Waals surface area contributed by atoms with Gasteiger partial charge < -0.3 is 20.1 Å². The monoisotopic (exact) mass is 454 g/mol. The Balaban J connectivity index is 1.38. The number of amides is 1. The van der Waals surface area contributed by atoms with Crippen molar-refractivity contribution in [1.29, 1.82) is 0 Å². The Morgan fingerprint density at radius 1 is 1.21 bits per heavy atom. The molecule has 33 heavy (non-hydrogen) atoms. The minimum absolute atomic E-state index is 0.0446. The molecule has 1 fully saturated rings. The molecule has 0 radical (unpaired) electrons. The molecule has 0 unspecified atom stereocenters. The molecule has 0 atom stereocenters. The van der Waals surface area contributed by atoms with Gasteiger partial charge in [0.2, 0.25) is 5.95 Å². The molecule has 2 aromatic heterocycles. The molecule has 0 aliphatic carbocycles. The van der Waals surface area contributed by atoms with Gasteiger partial charge in [-0.3, -0.25) is 9.48 Å². The van der Waals surface area contributed by atoms with Crippen LogP contribution in [-0.4, -0.2) is 53.0 Å². The van der Waals surface area contributed by atoms with E-state index in [2.05, 4.69) is 25.7 Å². The lowest BCUT2D eigenvalue weighted by molar-refractivity contribution is 0.0662. The van der Waals surface area contributed by atoms with E-state index in [1.54, 1.807) is 24.7 Å². The second-order valence-electron chi connectivity index (χ2n) is 7.82. The minimum Gasteiger partial charge on any atom is -0.494 e. The molecule has 1 aromatic carbocycles. The van der Waals surface area contributed by atoms with Crippen LogP contribution in [0.2, 0.25) is 0 Å². The van der Waals surface area contributed by atoms with Gasteiger partial charge in [0, 0.05) is 44.4 Å². The standard InChI is InChI=1S/C23H27FN6O3/c1-25-22(31)17-9-16(21(24)20(10-17)32-2)4-3-15-11-26-23(27-12-15)29-18-13-28-30(14-18)19-5-7-33-8-6-19/h9-14,19H,3-8H2,1-2H3,(H,25,31)(H,26,27,29). The van der Waals surface area contributed by atoms with Gasteiger partial charge >= 0.3 is 0 Å². The normalized spacial score (nSPS) is 14.2. The van der Waals surface area contributed by atoms with Crippen molar-refractivity contribution in [3.8, 4) is 5.75 Å². The molecule has 0 bridgehead atoms. The molecule has 4 rings (SSSR count). The van der Waals surface area contributed by atoms with E-state index in [1.165, 1.54) is 20.2 Å². The van der Waals surface area contributed by atoms with Gasteiger partial charge in [0.15, 0.2) is 11.6 Å². The molecule has 9 nitrogen and oxygen atoms in total. The summed E-state index contributed by atoms with van der Waals surface area (Å²) in [5.41, 5.74) is 2.41. The van der Waals surface area contributed by atoms with Crippen LogP contribution < -0.4 is 15.4 Å². The maximum atomic E-state index is 14.7. The summed E-state index contributed by atoms with van der Waals surface area (Å²) in [5.74, 6) is -0.262. The molecule has 1 amide bonds. The lowest BCUT2D eigenvalue weighted by atomic mass is 10.0. The maximum absolute atomic E-state index is 14.7. The van der Waals surface area contributed by atoms with E-state index in [9.17, 15) is 9.18 Å². The number of hydrogen-bond donors (Lipinski definition) is 2. The predicted molar refractivity (Wildman–Crippen MR) is 120 cm³/mol. The van der Waals surface area contributed by atoms with Crippen molar-refractivity contribution in [3.63, 3.8) is 0 Å². The summed E-state index contributed by atoms with van der Waals surface area (Å²) in [5, 5.41) is 10.1. The Morgan fingerprint density at radius 2 is 1.97 bits per heavy atom. The first-order valence-electron chi connectivity index (χ1n) is 10.9. The lowest BCUT2D eigenvalue weighted by Crippen LogP contribution is -2.19. The molecule has 1 aliphatic rings. The zero-order valence-corrected chi connectivity index (χ0v) is 18.7. The first kappa shape index (κ1) is 22.7. The fourth-order valence-corrected chi connectivity index (χ4v) is 3.77. The van der Waals surface area contributed by atoms with Gasteiger partial charge in [0.05, 0.1) is 25.0 Å². The number of nitrogens with zero attached hydrogens (tertiary/aromatic N) is 4. The van der Waals surface area contributed by atoms with Crippen molar-refractivity contribution in [2.45, 2.75) is 31.7 Å². The van der Waals surface area contributed by atoms with Crippen molar-refractivity contribution in [3.05, 3.63) is 59.4 Å². The van der Waals surface area contributed by atoms with Crippen LogP contribution in [-0.2, 0) is 17.6 Å². The first-order valence-corrected chi connectivity index (χ1v) is 10.9. The van der Waals surface area contributed by atoms with E-state index in [-0.39, 0.29) is 11.7 Å². The summed E-state index contributed by atoms with van der Waals surface area (Å²) in [4.78, 5) is 20.7. The molecule has 2 N–H and O–H groups in total. The zero-order chi connectivity index (χ0) is 23.2. The Hall–Kier alpha value is -3.53. The van der Waals surface area contributed by atoms with E-state index in [1.807, 2.05) is 10.9 Å². The number of methoxy groups -OCH3 is 1. The van der Waals surface area contributed by atoms with Crippen LogP contribution in [0.25, 0.3) is 0 Å². The smallest absolute Gasteiger partial charge is 0.251 e. The Labute approximate surface area is 191 Å². The summed E-state index contributed by atoms with van der Waals surface area (Å²) < 4.78 is 27.1. The van der Waals surface area contributed by atoms with Crippen LogP contribution in [0.4, 0.5) is 16.0 Å². The Kier molecular flexibility index (Phi) is 7.13. The summed E-state index contributed by atoms with van der Waals surface area (Å²) in [6, 6.07) is 3.29. The van der Waals surface area contributed by atoms with E-state index < -0.39 is 5.82 Å². The topological polar surface area (TPSA) is 103 Å². The summed E-state index contributed by atoms with van der Waals surface area (Å²) >= 11 is 0. The number of ether oxygens (including phenoxy) is 2. The van der Waals surface area contributed by atoms with Gasteiger partial charge in [0.25, 0.3) is 5.91 Å². The Morgan fingerprint density at radius 3 is 2.67 bits per heavy atom. The summed E-state index contributed by atoms with van der Waals surface area (Å²) in [6.45, 7) is 1.51. The molecule has 1 aliphatic heterocycles. The first-order chi connectivity index (χ1) is 16.1. The van der Waals surface area contributed by atoms with Crippen LogP contribution in [0.3, 0.4) is 0 Å². The molecule has 174 valence electrons. The van der Waals surface area contributed by atoms with Crippen molar-refractivity contribution < 1.29 is 18.7 Å². The molecule has 0 saturated carbocycles. The number of anilines is 2. The third-order valence-corrected chi connectivity index (χ3v) is 5.63. The number of halogens is 1. The van der Waals surface area contributed by atoms with Crippen LogP contribution >= 0.6 is 0 Å². The average molecular weight is 455 g/mol. The lowest BCUT2D eigenvalue weighted by Gasteiger charge is -2.22. The zero-order valence-electron chi connectivity index (χ0n) is 18.7. The fraction of sp³-hybridized carbons (Fsp3) is 0.391. The fourth-order valence-electron chi connectivity index (χ4n) is 3.77. The van der Waals surface area contributed by atoms with Crippen LogP contribution in [0.5, 0.6) is 5.75 Å². The summed E-state index contributed by atoms with van der Waals surface area (Å²) in [7, 11) is 2.91. The van der Waals surface area contributed by atoms with Gasteiger partial charge in [-0.1, -0.05) is 0 Å². The highest BCUT2D eigenvalue weighted by atomic mass is 19.1. The van der Waals surface area contributed by atoms with Crippen molar-refractivity contribution in [2.24, 2.45) is 0 Å². The minimum atomic E-state index is -0.467. The van der Waals surface area contributed by atoms with Gasteiger partial charge in [-0.2, -0.15) is 5.10 Å². The van der Waals surface area contributed by atoms with Gasteiger partial charge in [-0.15, -0.1) is 0 Å². The highest BCUT2D eigenvalue weighted by molar-refractivity contribution is 5.94. The van der Waals surface area contributed by atoms with Crippen LogP contribution in [0, 0.1) is 5.82 Å². The van der Waals surface area contributed by atoms with Gasteiger partial charge in [-0.25, -0.2) is 14.4 Å². The number of aryl methyl sites for hydroxylation is 2. The SMILES string of the molecule is CNC(=O)c1cc(CCc2cnc(Nc3cnn(C4CCOCC4)c3)nc2)c(F)c(OC)c1. The number of carbonyl (C=O) groups excluding carboxylic acids is 1. The Bertz CT molecular complexity index is 1100. The molecule has 1 saturated heterocycles. The molecule has 3 heterocycles. The number of carbonyl (C=O) groups is 1. The van der Waals surface area contributed by atoms with E-state index in [4.69, 9.17) is 9.47 Å². The van der Waals surface area contributed by atoms with Crippen molar-refractivity contribution >= 4 is 17.5 Å². The number of aromatic nitrogens is 4. The molecular formula is C23H27FN6O3. The second-order valence-corrected chi connectivity index (χ2v) is 7.82. The predicted octanol–water partition coefficient (Wildman–Crippen LogP) is 3.06. The summed E-state index contributed by atoms with van der Waals surface area (Å²) in [6.07, 6.45) is 9.90. The molecule has 0 spiro atoms. The third-order valence-electron chi connectivity index (χ3n) is 5.63. The maximum Gasteiger partial charge on any atom is 0.251 e. The molecule has 3 aromatic rings. The van der Waals surface area contributed by atoms with Crippen LogP contribution in [0.1, 0.15) is 40.4 Å². The highest BCUT2D eigenvalue weighted by Crippen LogP contribution is 2.25. The molecular weight excluding hydrogens is 427 g/mol. The van der Waals surface area contributed by atoms with Crippen molar-refractivity contribution in [2.75, 3.05) is 32.7 Å². The van der Waals surface area contributed by atoms with E-state index >= 15 is 0 Å². The number of benzene rings is 1. The van der Waals surface area contributed by atoms with Gasteiger partial charge in [-0.05, 0) is 48.9 Å². The number of rotatable bonds is 8. The van der Waals surface area contributed by atoms with E-state index in [0.29, 0.717) is 36.0 Å². The highest BCUT2D eigenvalue weighted by Gasteiger charge is 2.17. The number of hydrogen-bond acceptors (Lipinski definition) is 7. The van der Waals surface area contributed by atoms with E-state index in [0.717, 1.165) is 37.3 Å². The largest absolute Gasteiger partial charge is 0.494 e. The third kappa shape index (κ3) is 5.46. The second kappa shape index (κ2) is 10.4. The van der Waals surface area contributed by atoms with Gasteiger partial charge in [0.1, 0.15) is 0 Å². The van der Waals surface area contributed by atoms with Crippen LogP contribution in [0.15, 0.2) is 36.9 Å².